The molecule has 0 saturated heterocycles. The van der Waals surface area contributed by atoms with Gasteiger partial charge in [0.1, 0.15) is 6.26 Å². The third-order valence-corrected chi connectivity index (χ3v) is 3.67. The molecule has 1 rings (SSSR count). The fraction of sp³-hybridized carbons (Fsp3) is 0. The third-order valence-electron chi connectivity index (χ3n) is 0.648. The molecule has 0 aliphatic heterocycles. The smallest absolute Gasteiger partial charge is 0.184 e. The Morgan fingerprint density at radius 1 is 1.25 bits per heavy atom. The molecular weight excluding hydrogens is 304 g/mol. The number of hydrogen-bond donors (Lipinski definition) is 0. The Bertz CT molecular complexity index is 174. The van der Waals surface area contributed by atoms with E-state index in [1.807, 2.05) is 0 Å². The molecule has 44 valence electrons. The van der Waals surface area contributed by atoms with Crippen molar-refractivity contribution in [1.82, 2.24) is 0 Å². The van der Waals surface area contributed by atoms with Crippen LogP contribution in [0.25, 0.3) is 0 Å². The zero-order valence-electron chi connectivity index (χ0n) is 3.62. The van der Waals surface area contributed by atoms with Crippen LogP contribution in [0.15, 0.2) is 24.3 Å². The Morgan fingerprint density at radius 2 is 1.88 bits per heavy atom. The number of hydrogen-bond acceptors (Lipinski definition) is 1. The van der Waals surface area contributed by atoms with E-state index in [0.717, 1.165) is 8.95 Å². The highest BCUT2D eigenvalue weighted by Crippen LogP contribution is 2.32. The highest BCUT2D eigenvalue weighted by Gasteiger charge is 2.03. The fourth-order valence-electron chi connectivity index (χ4n) is 0.301. The molecule has 0 unspecified atom stereocenters. The van der Waals surface area contributed by atoms with E-state index in [2.05, 4.69) is 47.8 Å². The van der Waals surface area contributed by atoms with Crippen LogP contribution in [0.4, 0.5) is 0 Å². The normalized spacial score (nSPS) is 9.88. The highest BCUT2D eigenvalue weighted by molar-refractivity contribution is 9.14. The Balaban J connectivity index is 3.19. The zero-order chi connectivity index (χ0) is 6.15. The molecule has 0 spiro atoms. The maximum Gasteiger partial charge on any atom is 0.184 e. The van der Waals surface area contributed by atoms with E-state index in [4.69, 9.17) is 4.42 Å². The summed E-state index contributed by atoms with van der Waals surface area (Å²) < 4.78 is 7.47. The van der Waals surface area contributed by atoms with Crippen molar-refractivity contribution in [2.75, 3.05) is 0 Å². The quantitative estimate of drug-likeness (QED) is 0.714. The lowest BCUT2D eigenvalue weighted by atomic mass is 10.7. The lowest BCUT2D eigenvalue weighted by Gasteiger charge is -1.77. The summed E-state index contributed by atoms with van der Waals surface area (Å²) in [7, 11) is 0. The van der Waals surface area contributed by atoms with Gasteiger partial charge in [-0.15, -0.1) is 0 Å². The maximum absolute atomic E-state index is 4.92. The van der Waals surface area contributed by atoms with Crippen LogP contribution in [-0.2, 0) is 0 Å². The molecule has 8 heavy (non-hydrogen) atoms. The Kier molecular flexibility index (Phi) is 2.17. The standard InChI is InChI=1S/C4HBr3O/c5-2-1-8-4(7)3(2)6/h1H. The van der Waals surface area contributed by atoms with Gasteiger partial charge in [-0.25, -0.2) is 0 Å². The van der Waals surface area contributed by atoms with Crippen molar-refractivity contribution in [2.24, 2.45) is 0 Å². The monoisotopic (exact) mass is 302 g/mol. The molecule has 4 heteroatoms. The Labute approximate surface area is 71.8 Å². The Morgan fingerprint density at radius 3 is 2.00 bits per heavy atom. The lowest BCUT2D eigenvalue weighted by molar-refractivity contribution is 0.538. The van der Waals surface area contributed by atoms with Gasteiger partial charge in [0, 0.05) is 0 Å². The van der Waals surface area contributed by atoms with Crippen LogP contribution in [-0.4, -0.2) is 0 Å². The van der Waals surface area contributed by atoms with Crippen LogP contribution in [0.2, 0.25) is 0 Å². The molecule has 0 amide bonds. The number of furan rings is 1. The second-order valence-electron chi connectivity index (χ2n) is 1.17. The molecular formula is C4HBr3O. The number of rotatable bonds is 0. The summed E-state index contributed by atoms with van der Waals surface area (Å²) in [4.78, 5) is 0. The topological polar surface area (TPSA) is 13.1 Å². The summed E-state index contributed by atoms with van der Waals surface area (Å²) in [5, 5.41) is 0. The van der Waals surface area contributed by atoms with Gasteiger partial charge in [-0.1, -0.05) is 0 Å². The highest BCUT2D eigenvalue weighted by atomic mass is 79.9. The van der Waals surface area contributed by atoms with Crippen molar-refractivity contribution in [1.29, 1.82) is 0 Å². The molecule has 0 fully saturated rings. The van der Waals surface area contributed by atoms with Crippen LogP contribution in [0.3, 0.4) is 0 Å². The van der Waals surface area contributed by atoms with E-state index in [0.29, 0.717) is 4.67 Å². The van der Waals surface area contributed by atoms with Crippen molar-refractivity contribution >= 4 is 47.8 Å². The van der Waals surface area contributed by atoms with E-state index in [9.17, 15) is 0 Å². The summed E-state index contributed by atoms with van der Waals surface area (Å²) in [5.74, 6) is 0. The van der Waals surface area contributed by atoms with Gasteiger partial charge in [-0.2, -0.15) is 0 Å². The van der Waals surface area contributed by atoms with Gasteiger partial charge in [-0.3, -0.25) is 0 Å². The first-order valence-electron chi connectivity index (χ1n) is 1.80. The van der Waals surface area contributed by atoms with Crippen LogP contribution >= 0.6 is 47.8 Å². The molecule has 0 aromatic carbocycles. The number of halogens is 3. The van der Waals surface area contributed by atoms with Crippen LogP contribution in [0.5, 0.6) is 0 Å². The van der Waals surface area contributed by atoms with E-state index >= 15 is 0 Å². The zero-order valence-corrected chi connectivity index (χ0v) is 8.38. The average molecular weight is 305 g/mol. The van der Waals surface area contributed by atoms with Crippen molar-refractivity contribution < 1.29 is 4.42 Å². The maximum atomic E-state index is 4.92. The molecule has 0 N–H and O–H groups in total. The Hall–Kier alpha value is 0.720. The minimum Gasteiger partial charge on any atom is -0.455 e. The van der Waals surface area contributed by atoms with Gasteiger partial charge >= 0.3 is 0 Å². The molecule has 0 atom stereocenters. The van der Waals surface area contributed by atoms with E-state index < -0.39 is 0 Å². The minimum atomic E-state index is 0.712. The van der Waals surface area contributed by atoms with Gasteiger partial charge in [0.25, 0.3) is 0 Å². The summed E-state index contributed by atoms with van der Waals surface area (Å²) in [6.07, 6.45) is 1.61. The first kappa shape index (κ1) is 6.83. The third kappa shape index (κ3) is 1.17. The van der Waals surface area contributed by atoms with E-state index in [1.165, 1.54) is 0 Å². The largest absolute Gasteiger partial charge is 0.455 e. The predicted octanol–water partition coefficient (Wildman–Crippen LogP) is 3.57. The van der Waals surface area contributed by atoms with E-state index in [-0.39, 0.29) is 0 Å². The van der Waals surface area contributed by atoms with Crippen LogP contribution in [0, 0.1) is 0 Å². The van der Waals surface area contributed by atoms with Gasteiger partial charge in [0.15, 0.2) is 4.67 Å². The lowest BCUT2D eigenvalue weighted by Crippen LogP contribution is -1.52. The predicted molar refractivity (Wildman–Crippen MR) is 41.8 cm³/mol. The minimum absolute atomic E-state index is 0.712. The van der Waals surface area contributed by atoms with Crippen molar-refractivity contribution in [3.8, 4) is 0 Å². The molecule has 1 heterocycles. The fourth-order valence-corrected chi connectivity index (χ4v) is 1.33. The molecule has 0 aliphatic carbocycles. The molecule has 0 bridgehead atoms. The molecule has 1 aromatic rings. The summed E-state index contributed by atoms with van der Waals surface area (Å²) in [6, 6.07) is 0. The van der Waals surface area contributed by atoms with Crippen LogP contribution < -0.4 is 0 Å². The molecule has 1 aromatic heterocycles. The van der Waals surface area contributed by atoms with Crippen molar-refractivity contribution in [3.63, 3.8) is 0 Å². The van der Waals surface area contributed by atoms with Gasteiger partial charge < -0.3 is 4.42 Å². The van der Waals surface area contributed by atoms with E-state index in [1.54, 1.807) is 6.26 Å². The first-order chi connectivity index (χ1) is 3.72. The molecule has 0 aliphatic rings. The molecule has 0 saturated carbocycles. The van der Waals surface area contributed by atoms with Crippen LogP contribution in [0.1, 0.15) is 0 Å². The summed E-state index contributed by atoms with van der Waals surface area (Å²) in [5.41, 5.74) is 0. The summed E-state index contributed by atoms with van der Waals surface area (Å²) in [6.45, 7) is 0. The SMILES string of the molecule is Brc1coc(Br)c1Br. The van der Waals surface area contributed by atoms with Gasteiger partial charge in [0.05, 0.1) is 8.95 Å². The second-order valence-corrected chi connectivity index (χ2v) is 3.54. The van der Waals surface area contributed by atoms with Gasteiger partial charge in [-0.05, 0) is 47.8 Å². The summed E-state index contributed by atoms with van der Waals surface area (Å²) >= 11 is 9.68. The van der Waals surface area contributed by atoms with Gasteiger partial charge in [0.2, 0.25) is 0 Å². The van der Waals surface area contributed by atoms with Crippen molar-refractivity contribution in [2.45, 2.75) is 0 Å². The average Bonchev–Trinajstić information content (AvgIpc) is 1.98. The molecule has 1 nitrogen and oxygen atoms in total. The van der Waals surface area contributed by atoms with Crippen molar-refractivity contribution in [3.05, 3.63) is 19.9 Å². The first-order valence-corrected chi connectivity index (χ1v) is 4.17. The second kappa shape index (κ2) is 2.54. The molecule has 0 radical (unpaired) electrons.